The van der Waals surface area contributed by atoms with E-state index in [4.69, 9.17) is 9.98 Å². The Bertz CT molecular complexity index is 704. The molecule has 0 unspecified atom stereocenters. The molecular weight excluding hydrogens is 316 g/mol. The first-order valence-electron chi connectivity index (χ1n) is 8.80. The van der Waals surface area contributed by atoms with Crippen LogP contribution in [-0.4, -0.2) is 55.1 Å². The van der Waals surface area contributed by atoms with Crippen molar-refractivity contribution in [2.45, 2.75) is 25.7 Å². The Labute approximate surface area is 147 Å². The zero-order valence-electron chi connectivity index (χ0n) is 14.2. The summed E-state index contributed by atoms with van der Waals surface area (Å²) in [5.41, 5.74) is 3.99. The van der Waals surface area contributed by atoms with Crippen molar-refractivity contribution in [2.75, 3.05) is 33.2 Å². The molecule has 126 valence electrons. The van der Waals surface area contributed by atoms with E-state index in [1.54, 1.807) is 0 Å². The molecule has 4 rings (SSSR count). The molecule has 4 heterocycles. The van der Waals surface area contributed by atoms with Crippen molar-refractivity contribution in [2.24, 2.45) is 9.98 Å². The van der Waals surface area contributed by atoms with Crippen molar-refractivity contribution < 1.29 is 0 Å². The lowest BCUT2D eigenvalue weighted by Crippen LogP contribution is -2.47. The van der Waals surface area contributed by atoms with E-state index in [2.05, 4.69) is 46.8 Å². The van der Waals surface area contributed by atoms with Gasteiger partial charge in [0.2, 0.25) is 0 Å². The molecule has 1 fully saturated rings. The van der Waals surface area contributed by atoms with Crippen molar-refractivity contribution in [3.05, 3.63) is 39.9 Å². The van der Waals surface area contributed by atoms with Gasteiger partial charge in [-0.1, -0.05) is 6.07 Å². The molecular formula is C19H24N4S. The number of aliphatic imine (C=N–C) groups is 2. The van der Waals surface area contributed by atoms with Crippen LogP contribution in [-0.2, 0) is 0 Å². The smallest absolute Gasteiger partial charge is 0.154 e. The van der Waals surface area contributed by atoms with Gasteiger partial charge in [-0.3, -0.25) is 4.99 Å². The number of thiophene rings is 1. The van der Waals surface area contributed by atoms with Gasteiger partial charge in [-0.2, -0.15) is 0 Å². The van der Waals surface area contributed by atoms with Gasteiger partial charge in [0.1, 0.15) is 5.70 Å². The molecule has 0 saturated carbocycles. The zero-order valence-corrected chi connectivity index (χ0v) is 15.1. The first-order valence-corrected chi connectivity index (χ1v) is 9.68. The van der Waals surface area contributed by atoms with E-state index in [1.807, 2.05) is 11.3 Å². The summed E-state index contributed by atoms with van der Waals surface area (Å²) < 4.78 is 0. The number of hydrogen-bond acceptors (Lipinski definition) is 5. The van der Waals surface area contributed by atoms with Crippen LogP contribution in [0.15, 0.2) is 45.0 Å². The Hall–Kier alpha value is -1.72. The summed E-state index contributed by atoms with van der Waals surface area (Å²) in [5, 5.41) is 2.15. The monoisotopic (exact) mass is 340 g/mol. The third kappa shape index (κ3) is 3.23. The van der Waals surface area contributed by atoms with Crippen molar-refractivity contribution >= 4 is 29.0 Å². The average Bonchev–Trinajstić information content (AvgIpc) is 3.12. The summed E-state index contributed by atoms with van der Waals surface area (Å²) >= 11 is 1.81. The van der Waals surface area contributed by atoms with Crippen molar-refractivity contribution in [3.8, 4) is 0 Å². The van der Waals surface area contributed by atoms with Crippen LogP contribution in [0.2, 0.25) is 0 Å². The topological polar surface area (TPSA) is 31.2 Å². The number of nitrogens with zero attached hydrogens (tertiary/aromatic N) is 4. The van der Waals surface area contributed by atoms with E-state index in [-0.39, 0.29) is 0 Å². The van der Waals surface area contributed by atoms with Gasteiger partial charge in [0.25, 0.3) is 0 Å². The normalized spacial score (nSPS) is 24.8. The summed E-state index contributed by atoms with van der Waals surface area (Å²) in [5.74, 6) is 1.09. The number of rotatable bonds is 1. The minimum atomic E-state index is 1.03. The van der Waals surface area contributed by atoms with Crippen LogP contribution >= 0.6 is 11.3 Å². The van der Waals surface area contributed by atoms with E-state index in [1.165, 1.54) is 16.0 Å². The quantitative estimate of drug-likeness (QED) is 0.781. The molecule has 1 saturated heterocycles. The second-order valence-corrected chi connectivity index (χ2v) is 7.62. The highest BCUT2D eigenvalue weighted by Gasteiger charge is 2.24. The molecule has 1 aromatic heterocycles. The number of hydrogen-bond donors (Lipinski definition) is 0. The van der Waals surface area contributed by atoms with Crippen molar-refractivity contribution in [1.82, 2.24) is 9.80 Å². The van der Waals surface area contributed by atoms with Gasteiger partial charge in [0.05, 0.1) is 0 Å². The predicted octanol–water partition coefficient (Wildman–Crippen LogP) is 3.65. The van der Waals surface area contributed by atoms with Gasteiger partial charge >= 0.3 is 0 Å². The van der Waals surface area contributed by atoms with E-state index < -0.39 is 0 Å². The SMILES string of the molecule is CN1CCN(C2=N/C=C(/c3cccs3)CCC3=C2N=CCC3)CC1. The van der Waals surface area contributed by atoms with Crippen LogP contribution in [0.3, 0.4) is 0 Å². The molecule has 24 heavy (non-hydrogen) atoms. The third-order valence-corrected chi connectivity index (χ3v) is 5.97. The second kappa shape index (κ2) is 7.03. The lowest BCUT2D eigenvalue weighted by Gasteiger charge is -2.35. The molecule has 0 spiro atoms. The second-order valence-electron chi connectivity index (χ2n) is 6.68. The van der Waals surface area contributed by atoms with Crippen LogP contribution in [0.25, 0.3) is 5.57 Å². The predicted molar refractivity (Wildman–Crippen MR) is 103 cm³/mol. The number of likely N-dealkylation sites (N-methyl/N-ethyl adjacent to an activating group) is 1. The van der Waals surface area contributed by atoms with E-state index in [0.717, 1.165) is 63.4 Å². The van der Waals surface area contributed by atoms with Gasteiger partial charge in [0, 0.05) is 43.5 Å². The Morgan fingerprint density at radius 3 is 2.75 bits per heavy atom. The van der Waals surface area contributed by atoms with E-state index in [0.29, 0.717) is 0 Å². The van der Waals surface area contributed by atoms with E-state index in [9.17, 15) is 0 Å². The van der Waals surface area contributed by atoms with Gasteiger partial charge in [-0.15, -0.1) is 11.3 Å². The molecule has 0 amide bonds. The molecule has 3 aliphatic rings. The first-order chi connectivity index (χ1) is 11.8. The molecule has 1 aromatic rings. The number of amidine groups is 1. The largest absolute Gasteiger partial charge is 0.352 e. The molecule has 0 radical (unpaired) electrons. The Balaban J connectivity index is 1.70. The Kier molecular flexibility index (Phi) is 4.63. The van der Waals surface area contributed by atoms with Crippen LogP contribution in [0, 0.1) is 0 Å². The van der Waals surface area contributed by atoms with E-state index >= 15 is 0 Å². The van der Waals surface area contributed by atoms with Crippen molar-refractivity contribution in [1.29, 1.82) is 0 Å². The molecule has 0 aliphatic carbocycles. The fraction of sp³-hybridized carbons (Fsp3) is 0.474. The van der Waals surface area contributed by atoms with Gasteiger partial charge in [0.15, 0.2) is 5.84 Å². The fourth-order valence-electron chi connectivity index (χ4n) is 3.51. The Morgan fingerprint density at radius 1 is 1.08 bits per heavy atom. The highest BCUT2D eigenvalue weighted by Crippen LogP contribution is 2.32. The molecule has 3 aliphatic heterocycles. The highest BCUT2D eigenvalue weighted by atomic mass is 32.1. The van der Waals surface area contributed by atoms with Gasteiger partial charge in [-0.25, -0.2) is 4.99 Å². The minimum Gasteiger partial charge on any atom is -0.352 e. The number of piperazine rings is 1. The molecule has 0 atom stereocenters. The third-order valence-electron chi connectivity index (χ3n) is 5.02. The van der Waals surface area contributed by atoms with Crippen LogP contribution in [0.4, 0.5) is 0 Å². The molecule has 0 N–H and O–H groups in total. The maximum Gasteiger partial charge on any atom is 0.154 e. The molecule has 5 heteroatoms. The number of allylic oxidation sites excluding steroid dienone is 2. The fourth-order valence-corrected chi connectivity index (χ4v) is 4.28. The maximum absolute atomic E-state index is 4.95. The summed E-state index contributed by atoms with van der Waals surface area (Å²) in [4.78, 5) is 15.9. The van der Waals surface area contributed by atoms with Crippen LogP contribution in [0.1, 0.15) is 30.6 Å². The summed E-state index contributed by atoms with van der Waals surface area (Å²) in [7, 11) is 2.19. The summed E-state index contributed by atoms with van der Waals surface area (Å²) in [6.07, 6.45) is 8.51. The van der Waals surface area contributed by atoms with Gasteiger partial charge < -0.3 is 9.80 Å². The minimum absolute atomic E-state index is 1.03. The summed E-state index contributed by atoms with van der Waals surface area (Å²) in [6.45, 7) is 4.24. The Morgan fingerprint density at radius 2 is 1.96 bits per heavy atom. The first kappa shape index (κ1) is 15.8. The molecule has 0 bridgehead atoms. The lowest BCUT2D eigenvalue weighted by molar-refractivity contribution is 0.215. The zero-order chi connectivity index (χ0) is 16.4. The average molecular weight is 340 g/mol. The highest BCUT2D eigenvalue weighted by molar-refractivity contribution is 7.11. The van der Waals surface area contributed by atoms with Crippen molar-refractivity contribution in [3.63, 3.8) is 0 Å². The molecule has 4 nitrogen and oxygen atoms in total. The maximum atomic E-state index is 4.95. The van der Waals surface area contributed by atoms with Gasteiger partial charge in [-0.05, 0) is 55.3 Å². The molecule has 0 aromatic carbocycles. The summed E-state index contributed by atoms with van der Waals surface area (Å²) in [6, 6.07) is 4.33. The van der Waals surface area contributed by atoms with Crippen LogP contribution in [0.5, 0.6) is 0 Å². The van der Waals surface area contributed by atoms with Crippen LogP contribution < -0.4 is 0 Å². The lowest BCUT2D eigenvalue weighted by atomic mass is 9.95. The standard InChI is InChI=1S/C19H24N4S/c1-22-9-11-23(12-10-22)19-18-15(4-2-8-20-18)6-7-16(14-21-19)17-5-3-13-24-17/h3,5,8,13-14H,2,4,6-7,9-12H2,1H3/b16-14+,21-19?.